The van der Waals surface area contributed by atoms with E-state index in [-0.39, 0.29) is 17.8 Å². The lowest BCUT2D eigenvalue weighted by Crippen LogP contribution is -2.43. The molecule has 0 bridgehead atoms. The number of hydrogen-bond acceptors (Lipinski definition) is 3. The molecule has 0 spiro atoms. The van der Waals surface area contributed by atoms with Gasteiger partial charge in [-0.3, -0.25) is 4.79 Å². The molecule has 5 nitrogen and oxygen atoms in total. The fourth-order valence-corrected chi connectivity index (χ4v) is 3.40. The van der Waals surface area contributed by atoms with Crippen LogP contribution in [-0.4, -0.2) is 43.6 Å². The summed E-state index contributed by atoms with van der Waals surface area (Å²) >= 11 is 0. The van der Waals surface area contributed by atoms with Crippen molar-refractivity contribution in [1.82, 2.24) is 10.2 Å². The molecular weight excluding hydrogens is 311 g/mol. The quantitative estimate of drug-likeness (QED) is 0.920. The smallest absolute Gasteiger partial charge is 0.409 e. The van der Waals surface area contributed by atoms with Crippen molar-refractivity contribution in [3.8, 4) is 0 Å². The lowest BCUT2D eigenvalue weighted by molar-refractivity contribution is -0.123. The number of nitrogens with zero attached hydrogens (tertiary/aromatic N) is 1. The maximum atomic E-state index is 13.1. The van der Waals surface area contributed by atoms with Gasteiger partial charge in [0.25, 0.3) is 0 Å². The molecular formula is C18H23FN2O3. The zero-order valence-electron chi connectivity index (χ0n) is 13.9. The second kappa shape index (κ2) is 6.79. The summed E-state index contributed by atoms with van der Waals surface area (Å²) < 4.78 is 17.8. The van der Waals surface area contributed by atoms with Crippen molar-refractivity contribution in [3.63, 3.8) is 0 Å². The van der Waals surface area contributed by atoms with Crippen molar-refractivity contribution >= 4 is 12.0 Å². The van der Waals surface area contributed by atoms with Gasteiger partial charge in [-0.05, 0) is 49.3 Å². The molecule has 1 aromatic carbocycles. The molecule has 1 aliphatic carbocycles. The molecule has 0 unspecified atom stereocenters. The van der Waals surface area contributed by atoms with Crippen LogP contribution >= 0.6 is 0 Å². The van der Waals surface area contributed by atoms with Crippen LogP contribution in [-0.2, 0) is 14.9 Å². The van der Waals surface area contributed by atoms with Gasteiger partial charge in [0, 0.05) is 19.6 Å². The fraction of sp³-hybridized carbons (Fsp3) is 0.556. The van der Waals surface area contributed by atoms with Crippen molar-refractivity contribution < 1.29 is 18.7 Å². The Bertz CT molecular complexity index is 605. The lowest BCUT2D eigenvalue weighted by atomic mass is 9.93. The molecule has 1 saturated heterocycles. The summed E-state index contributed by atoms with van der Waals surface area (Å²) in [5.74, 6) is 0.121. The monoisotopic (exact) mass is 334 g/mol. The number of amides is 2. The Kier molecular flexibility index (Phi) is 4.73. The predicted molar refractivity (Wildman–Crippen MR) is 87.0 cm³/mol. The first kappa shape index (κ1) is 16.7. The van der Waals surface area contributed by atoms with E-state index in [1.54, 1.807) is 17.0 Å². The standard InChI is InChI=1S/C18H23FN2O3/c1-24-17(23)21-10-6-13(7-11-21)12-20-16(22)18(8-9-18)14-2-4-15(19)5-3-14/h2-5,13H,6-12H2,1H3,(H,20,22). The van der Waals surface area contributed by atoms with Gasteiger partial charge in [-0.2, -0.15) is 0 Å². The van der Waals surface area contributed by atoms with Crippen molar-refractivity contribution in [2.75, 3.05) is 26.7 Å². The van der Waals surface area contributed by atoms with E-state index >= 15 is 0 Å². The number of piperidine rings is 1. The summed E-state index contributed by atoms with van der Waals surface area (Å²) in [6.45, 7) is 1.95. The van der Waals surface area contributed by atoms with Gasteiger partial charge in [0.1, 0.15) is 5.82 Å². The Morgan fingerprint density at radius 1 is 1.25 bits per heavy atom. The first-order valence-electron chi connectivity index (χ1n) is 8.42. The van der Waals surface area contributed by atoms with E-state index < -0.39 is 5.41 Å². The van der Waals surface area contributed by atoms with Crippen LogP contribution in [0.1, 0.15) is 31.2 Å². The molecule has 1 aromatic rings. The molecule has 2 amide bonds. The van der Waals surface area contributed by atoms with Gasteiger partial charge in [-0.15, -0.1) is 0 Å². The van der Waals surface area contributed by atoms with Gasteiger partial charge in [0.2, 0.25) is 5.91 Å². The highest BCUT2D eigenvalue weighted by Gasteiger charge is 2.51. The number of halogens is 1. The Morgan fingerprint density at radius 3 is 2.42 bits per heavy atom. The Labute approximate surface area is 141 Å². The van der Waals surface area contributed by atoms with Crippen LogP contribution < -0.4 is 5.32 Å². The molecule has 1 aliphatic heterocycles. The average Bonchev–Trinajstić information content (AvgIpc) is 3.42. The molecule has 24 heavy (non-hydrogen) atoms. The van der Waals surface area contributed by atoms with Crippen molar-refractivity contribution in [1.29, 1.82) is 0 Å². The minimum atomic E-state index is -0.472. The van der Waals surface area contributed by atoms with E-state index in [0.29, 0.717) is 25.6 Å². The van der Waals surface area contributed by atoms with Gasteiger partial charge in [0.05, 0.1) is 12.5 Å². The summed E-state index contributed by atoms with van der Waals surface area (Å²) in [4.78, 5) is 25.7. The SMILES string of the molecule is COC(=O)N1CCC(CNC(=O)C2(c3ccc(F)cc3)CC2)CC1. The molecule has 2 aliphatic rings. The molecule has 130 valence electrons. The molecule has 0 atom stereocenters. The molecule has 1 saturated carbocycles. The predicted octanol–water partition coefficient (Wildman–Crippen LogP) is 2.45. The van der Waals surface area contributed by atoms with Crippen LogP contribution in [0.3, 0.4) is 0 Å². The number of hydrogen-bond donors (Lipinski definition) is 1. The van der Waals surface area contributed by atoms with Crippen LogP contribution in [0.4, 0.5) is 9.18 Å². The fourth-order valence-electron chi connectivity index (χ4n) is 3.40. The van der Waals surface area contributed by atoms with E-state index in [4.69, 9.17) is 4.74 Å². The van der Waals surface area contributed by atoms with E-state index in [2.05, 4.69) is 5.32 Å². The third-order valence-electron chi connectivity index (χ3n) is 5.18. The van der Waals surface area contributed by atoms with Crippen molar-refractivity contribution in [3.05, 3.63) is 35.6 Å². The normalized spacial score (nSPS) is 19.7. The first-order chi connectivity index (χ1) is 11.5. The van der Waals surface area contributed by atoms with Crippen LogP contribution in [0.15, 0.2) is 24.3 Å². The Morgan fingerprint density at radius 2 is 1.88 bits per heavy atom. The number of ether oxygens (including phenoxy) is 1. The number of rotatable bonds is 4. The highest BCUT2D eigenvalue weighted by Crippen LogP contribution is 2.48. The minimum Gasteiger partial charge on any atom is -0.453 e. The van der Waals surface area contributed by atoms with Crippen LogP contribution in [0, 0.1) is 11.7 Å². The van der Waals surface area contributed by atoms with Crippen molar-refractivity contribution in [2.24, 2.45) is 5.92 Å². The van der Waals surface area contributed by atoms with Gasteiger partial charge >= 0.3 is 6.09 Å². The number of nitrogens with one attached hydrogen (secondary N) is 1. The largest absolute Gasteiger partial charge is 0.453 e. The zero-order valence-corrected chi connectivity index (χ0v) is 13.9. The van der Waals surface area contributed by atoms with Crippen LogP contribution in [0.5, 0.6) is 0 Å². The second-order valence-electron chi connectivity index (χ2n) is 6.70. The van der Waals surface area contributed by atoms with Crippen LogP contribution in [0.25, 0.3) is 0 Å². The highest BCUT2D eigenvalue weighted by molar-refractivity contribution is 5.91. The first-order valence-corrected chi connectivity index (χ1v) is 8.42. The van der Waals surface area contributed by atoms with Gasteiger partial charge < -0.3 is 15.0 Å². The molecule has 1 N–H and O–H groups in total. The molecule has 6 heteroatoms. The van der Waals surface area contributed by atoms with E-state index in [0.717, 1.165) is 31.2 Å². The number of carbonyl (C=O) groups is 2. The third kappa shape index (κ3) is 3.37. The highest BCUT2D eigenvalue weighted by atomic mass is 19.1. The van der Waals surface area contributed by atoms with Gasteiger partial charge in [-0.1, -0.05) is 12.1 Å². The van der Waals surface area contributed by atoms with Crippen molar-refractivity contribution in [2.45, 2.75) is 31.1 Å². The molecule has 3 rings (SSSR count). The number of methoxy groups -OCH3 is 1. The maximum Gasteiger partial charge on any atom is 0.409 e. The Balaban J connectivity index is 1.50. The summed E-state index contributed by atoms with van der Waals surface area (Å²) in [6.07, 6.45) is 3.06. The lowest BCUT2D eigenvalue weighted by Gasteiger charge is -2.31. The minimum absolute atomic E-state index is 0.0319. The number of carbonyl (C=O) groups excluding carboxylic acids is 2. The molecule has 2 fully saturated rings. The topological polar surface area (TPSA) is 58.6 Å². The summed E-state index contributed by atoms with van der Waals surface area (Å²) in [6, 6.07) is 6.23. The Hall–Kier alpha value is -2.11. The zero-order chi connectivity index (χ0) is 17.2. The molecule has 0 aromatic heterocycles. The van der Waals surface area contributed by atoms with Gasteiger partial charge in [-0.25, -0.2) is 9.18 Å². The molecule has 0 radical (unpaired) electrons. The molecule has 1 heterocycles. The van der Waals surface area contributed by atoms with E-state index in [1.165, 1.54) is 19.2 Å². The average molecular weight is 334 g/mol. The van der Waals surface area contributed by atoms with Gasteiger partial charge in [0.15, 0.2) is 0 Å². The summed E-state index contributed by atoms with van der Waals surface area (Å²) in [7, 11) is 1.39. The second-order valence-corrected chi connectivity index (χ2v) is 6.70. The summed E-state index contributed by atoms with van der Waals surface area (Å²) in [5.41, 5.74) is 0.419. The van der Waals surface area contributed by atoms with Crippen LogP contribution in [0.2, 0.25) is 0 Å². The maximum absolute atomic E-state index is 13.1. The summed E-state index contributed by atoms with van der Waals surface area (Å²) in [5, 5.41) is 3.06. The van der Waals surface area contributed by atoms with E-state index in [9.17, 15) is 14.0 Å². The number of likely N-dealkylation sites (tertiary alicyclic amines) is 1. The third-order valence-corrected chi connectivity index (χ3v) is 5.18. The van der Waals surface area contributed by atoms with E-state index in [1.807, 2.05) is 0 Å². The number of benzene rings is 1.